The molecule has 4 nitrogen and oxygen atoms in total. The third-order valence-electron chi connectivity index (χ3n) is 2.94. The molecular weight excluding hydrogens is 240 g/mol. The first-order chi connectivity index (χ1) is 8.99. The second-order valence-electron chi connectivity index (χ2n) is 5.60. The number of morpholine rings is 1. The number of amides is 1. The summed E-state index contributed by atoms with van der Waals surface area (Å²) in [6, 6.07) is 0. The van der Waals surface area contributed by atoms with Crippen molar-refractivity contribution in [1.82, 2.24) is 10.2 Å². The minimum Gasteiger partial charge on any atom is -0.374 e. The van der Waals surface area contributed by atoms with Crippen LogP contribution in [0.2, 0.25) is 0 Å². The van der Waals surface area contributed by atoms with Crippen molar-refractivity contribution in [2.24, 2.45) is 11.8 Å². The van der Waals surface area contributed by atoms with Crippen molar-refractivity contribution < 1.29 is 9.53 Å². The van der Waals surface area contributed by atoms with E-state index in [0.717, 1.165) is 19.6 Å². The average Bonchev–Trinajstić information content (AvgIpc) is 2.36. The van der Waals surface area contributed by atoms with E-state index in [1.807, 2.05) is 13.8 Å². The minimum atomic E-state index is 0.0246. The van der Waals surface area contributed by atoms with Gasteiger partial charge in [0.2, 0.25) is 5.91 Å². The molecule has 1 saturated heterocycles. The Morgan fingerprint density at radius 1 is 1.42 bits per heavy atom. The zero-order valence-electron chi connectivity index (χ0n) is 12.5. The fraction of sp³-hybridized carbons (Fsp3) is 0.800. The lowest BCUT2D eigenvalue weighted by molar-refractivity contribution is -0.125. The Bertz CT molecular complexity index is 342. The number of nitrogens with one attached hydrogen (secondary N) is 1. The minimum absolute atomic E-state index is 0.0246. The highest BCUT2D eigenvalue weighted by Gasteiger charge is 2.20. The molecule has 0 aliphatic carbocycles. The number of rotatable bonds is 4. The van der Waals surface area contributed by atoms with Crippen LogP contribution in [-0.2, 0) is 9.53 Å². The summed E-state index contributed by atoms with van der Waals surface area (Å²) in [4.78, 5) is 13.8. The van der Waals surface area contributed by atoms with Gasteiger partial charge in [0.1, 0.15) is 0 Å². The van der Waals surface area contributed by atoms with Gasteiger partial charge >= 0.3 is 0 Å². The van der Waals surface area contributed by atoms with E-state index in [0.29, 0.717) is 19.1 Å². The summed E-state index contributed by atoms with van der Waals surface area (Å²) in [6.07, 6.45) is 0.0808. The maximum absolute atomic E-state index is 11.5. The summed E-state index contributed by atoms with van der Waals surface area (Å²) in [7, 11) is 0. The van der Waals surface area contributed by atoms with E-state index in [4.69, 9.17) is 4.74 Å². The van der Waals surface area contributed by atoms with E-state index in [9.17, 15) is 4.79 Å². The predicted molar refractivity (Wildman–Crippen MR) is 76.6 cm³/mol. The summed E-state index contributed by atoms with van der Waals surface area (Å²) >= 11 is 0. The molecule has 108 valence electrons. The standard InChI is InChI=1S/C15H26N2O2/c1-12(2)6-5-7-17-8-9-19-14(11-17)10-16-15(18)13(3)4/h12-14H,7-11H2,1-4H3,(H,16,18)/t14-/m1/s1. The van der Waals surface area contributed by atoms with Gasteiger partial charge < -0.3 is 10.1 Å². The number of carbonyl (C=O) groups excluding carboxylic acids is 1. The predicted octanol–water partition coefficient (Wildman–Crippen LogP) is 1.12. The van der Waals surface area contributed by atoms with Crippen LogP contribution in [0.3, 0.4) is 0 Å². The first-order valence-corrected chi connectivity index (χ1v) is 7.09. The normalized spacial score (nSPS) is 20.2. The molecule has 0 radical (unpaired) electrons. The van der Waals surface area contributed by atoms with Crippen molar-refractivity contribution >= 4 is 5.91 Å². The molecule has 0 saturated carbocycles. The van der Waals surface area contributed by atoms with Gasteiger partial charge in [0.05, 0.1) is 19.3 Å². The van der Waals surface area contributed by atoms with E-state index in [2.05, 4.69) is 35.9 Å². The SMILES string of the molecule is CC(C)C#CCN1CCO[C@H](CNC(=O)C(C)C)C1. The van der Waals surface area contributed by atoms with Gasteiger partial charge in [-0.1, -0.05) is 39.5 Å². The Kier molecular flexibility index (Phi) is 6.90. The lowest BCUT2D eigenvalue weighted by Gasteiger charge is -2.31. The maximum atomic E-state index is 11.5. The monoisotopic (exact) mass is 266 g/mol. The van der Waals surface area contributed by atoms with Crippen LogP contribution in [0, 0.1) is 23.7 Å². The van der Waals surface area contributed by atoms with Crippen LogP contribution < -0.4 is 5.32 Å². The van der Waals surface area contributed by atoms with E-state index >= 15 is 0 Å². The van der Waals surface area contributed by atoms with E-state index in [-0.39, 0.29) is 17.9 Å². The van der Waals surface area contributed by atoms with Gasteiger partial charge in [-0.25, -0.2) is 0 Å². The van der Waals surface area contributed by atoms with Crippen LogP contribution in [0.5, 0.6) is 0 Å². The Morgan fingerprint density at radius 3 is 2.79 bits per heavy atom. The molecule has 19 heavy (non-hydrogen) atoms. The van der Waals surface area contributed by atoms with Gasteiger partial charge in [-0.3, -0.25) is 9.69 Å². The topological polar surface area (TPSA) is 41.6 Å². The molecular formula is C15H26N2O2. The van der Waals surface area contributed by atoms with E-state index in [1.165, 1.54) is 0 Å². The number of nitrogens with zero attached hydrogens (tertiary/aromatic N) is 1. The second-order valence-corrected chi connectivity index (χ2v) is 5.60. The number of hydrogen-bond donors (Lipinski definition) is 1. The van der Waals surface area contributed by atoms with E-state index in [1.54, 1.807) is 0 Å². The highest BCUT2D eigenvalue weighted by Crippen LogP contribution is 2.04. The Hall–Kier alpha value is -1.05. The van der Waals surface area contributed by atoms with Crippen LogP contribution >= 0.6 is 0 Å². The largest absolute Gasteiger partial charge is 0.374 e. The lowest BCUT2D eigenvalue weighted by atomic mass is 10.2. The summed E-state index contributed by atoms with van der Waals surface area (Å²) in [5.41, 5.74) is 0. The molecule has 1 fully saturated rings. The lowest BCUT2D eigenvalue weighted by Crippen LogP contribution is -2.48. The van der Waals surface area contributed by atoms with Gasteiger partial charge in [-0.2, -0.15) is 0 Å². The molecule has 1 rings (SSSR count). The van der Waals surface area contributed by atoms with Crippen LogP contribution in [0.4, 0.5) is 0 Å². The zero-order valence-corrected chi connectivity index (χ0v) is 12.5. The van der Waals surface area contributed by atoms with Crippen LogP contribution in [0.15, 0.2) is 0 Å². The highest BCUT2D eigenvalue weighted by molar-refractivity contribution is 5.77. The molecule has 1 aliphatic heterocycles. The maximum Gasteiger partial charge on any atom is 0.222 e. The van der Waals surface area contributed by atoms with Gasteiger partial charge in [0, 0.05) is 31.5 Å². The molecule has 1 heterocycles. The molecule has 0 bridgehead atoms. The molecule has 0 aromatic carbocycles. The summed E-state index contributed by atoms with van der Waals surface area (Å²) in [5.74, 6) is 6.89. The summed E-state index contributed by atoms with van der Waals surface area (Å²) < 4.78 is 5.66. The van der Waals surface area contributed by atoms with Crippen LogP contribution in [0.25, 0.3) is 0 Å². The Labute approximate surface area is 116 Å². The second kappa shape index (κ2) is 8.19. The number of ether oxygens (including phenoxy) is 1. The van der Waals surface area contributed by atoms with Crippen molar-refractivity contribution in [2.75, 3.05) is 32.8 Å². The van der Waals surface area contributed by atoms with Crippen molar-refractivity contribution in [3.8, 4) is 11.8 Å². The smallest absolute Gasteiger partial charge is 0.222 e. The van der Waals surface area contributed by atoms with Crippen molar-refractivity contribution in [3.63, 3.8) is 0 Å². The summed E-state index contributed by atoms with van der Waals surface area (Å²) in [5, 5.41) is 2.92. The Balaban J connectivity index is 2.30. The average molecular weight is 266 g/mol. The third kappa shape index (κ3) is 6.60. The Morgan fingerprint density at radius 2 is 2.16 bits per heavy atom. The van der Waals surface area contributed by atoms with E-state index < -0.39 is 0 Å². The fourth-order valence-electron chi connectivity index (χ4n) is 1.83. The molecule has 4 heteroatoms. The van der Waals surface area contributed by atoms with Gasteiger partial charge in [-0.05, 0) is 0 Å². The van der Waals surface area contributed by atoms with Crippen LogP contribution in [-0.4, -0.2) is 49.7 Å². The molecule has 1 N–H and O–H groups in total. The third-order valence-corrected chi connectivity index (χ3v) is 2.94. The molecule has 0 aromatic heterocycles. The molecule has 1 aliphatic rings. The van der Waals surface area contributed by atoms with Gasteiger partial charge in [0.25, 0.3) is 0 Å². The number of hydrogen-bond acceptors (Lipinski definition) is 3. The molecule has 1 atom stereocenters. The quantitative estimate of drug-likeness (QED) is 0.775. The van der Waals surface area contributed by atoms with Gasteiger partial charge in [0.15, 0.2) is 0 Å². The fourth-order valence-corrected chi connectivity index (χ4v) is 1.83. The molecule has 0 spiro atoms. The number of carbonyl (C=O) groups is 1. The van der Waals surface area contributed by atoms with Crippen molar-refractivity contribution in [3.05, 3.63) is 0 Å². The van der Waals surface area contributed by atoms with Crippen molar-refractivity contribution in [1.29, 1.82) is 0 Å². The molecule has 0 aromatic rings. The first kappa shape index (κ1) is 16.0. The summed E-state index contributed by atoms with van der Waals surface area (Å²) in [6.45, 7) is 11.8. The zero-order chi connectivity index (χ0) is 14.3. The van der Waals surface area contributed by atoms with Gasteiger partial charge in [-0.15, -0.1) is 0 Å². The first-order valence-electron chi connectivity index (χ1n) is 7.09. The molecule has 0 unspecified atom stereocenters. The highest BCUT2D eigenvalue weighted by atomic mass is 16.5. The van der Waals surface area contributed by atoms with Crippen LogP contribution in [0.1, 0.15) is 27.7 Å². The molecule has 1 amide bonds. The van der Waals surface area contributed by atoms with Crippen molar-refractivity contribution in [2.45, 2.75) is 33.8 Å².